The molecular formula is C33H31N9O4S. The minimum absolute atomic E-state index is 0.0123. The van der Waals surface area contributed by atoms with E-state index in [1.54, 1.807) is 27.9 Å². The van der Waals surface area contributed by atoms with Gasteiger partial charge in [0.1, 0.15) is 35.6 Å². The van der Waals surface area contributed by atoms with Gasteiger partial charge in [0.25, 0.3) is 15.9 Å². The van der Waals surface area contributed by atoms with Gasteiger partial charge in [-0.15, -0.1) is 0 Å². The van der Waals surface area contributed by atoms with Crippen molar-refractivity contribution < 1.29 is 18.3 Å². The van der Waals surface area contributed by atoms with Crippen LogP contribution < -0.4 is 26.1 Å². The van der Waals surface area contributed by atoms with Crippen molar-refractivity contribution in [3.63, 3.8) is 0 Å². The van der Waals surface area contributed by atoms with E-state index in [0.717, 1.165) is 11.3 Å². The van der Waals surface area contributed by atoms with Crippen LogP contribution in [0, 0.1) is 6.92 Å². The van der Waals surface area contributed by atoms with Crippen LogP contribution in [0.1, 0.15) is 23.0 Å². The zero-order valence-electron chi connectivity index (χ0n) is 25.3. The van der Waals surface area contributed by atoms with Crippen LogP contribution >= 0.6 is 0 Å². The molecule has 0 saturated heterocycles. The third kappa shape index (κ3) is 5.33. The number of nitrogen functional groups attached to an aromatic ring is 1. The number of benzene rings is 3. The first-order valence-corrected chi connectivity index (χ1v) is 16.2. The second-order valence-corrected chi connectivity index (χ2v) is 13.0. The van der Waals surface area contributed by atoms with Crippen LogP contribution in [0.5, 0.6) is 5.75 Å². The number of carbonyl (C=O) groups is 1. The Kier molecular flexibility index (Phi) is 7.20. The number of hydrogen-bond donors (Lipinski definition) is 6. The van der Waals surface area contributed by atoms with Crippen LogP contribution in [0.4, 0.5) is 23.0 Å². The lowest BCUT2D eigenvalue weighted by molar-refractivity contribution is 0.0954. The molecule has 6 aromatic rings. The van der Waals surface area contributed by atoms with Crippen LogP contribution in [-0.2, 0) is 10.0 Å². The topological polar surface area (TPSA) is 183 Å². The second-order valence-electron chi connectivity index (χ2n) is 11.3. The Morgan fingerprint density at radius 1 is 1.02 bits per heavy atom. The van der Waals surface area contributed by atoms with Crippen molar-refractivity contribution in [2.45, 2.75) is 31.0 Å². The quantitative estimate of drug-likeness (QED) is 0.134. The molecule has 1 aliphatic rings. The molecule has 13 nitrogen and oxygen atoms in total. The number of nitrogens with zero attached hydrogens (tertiary/aromatic N) is 4. The molecule has 1 aliphatic heterocycles. The third-order valence-corrected chi connectivity index (χ3v) is 9.54. The smallest absolute Gasteiger partial charge is 0.278 e. The molecule has 0 radical (unpaired) electrons. The number of nitrogens with one attached hydrogen (secondary N) is 4. The Morgan fingerprint density at radius 3 is 2.55 bits per heavy atom. The van der Waals surface area contributed by atoms with E-state index in [1.165, 1.54) is 30.6 Å². The number of para-hydroxylation sites is 1. The number of rotatable bonds is 8. The third-order valence-electron chi connectivity index (χ3n) is 8.16. The van der Waals surface area contributed by atoms with Gasteiger partial charge in [0.2, 0.25) is 0 Å². The second kappa shape index (κ2) is 11.4. The first-order chi connectivity index (χ1) is 22.6. The number of amides is 1. The summed E-state index contributed by atoms with van der Waals surface area (Å²) in [6.45, 7) is 3.82. The van der Waals surface area contributed by atoms with Crippen LogP contribution in [0.15, 0.2) is 102 Å². The summed E-state index contributed by atoms with van der Waals surface area (Å²) < 4.78 is 31.1. The molecule has 14 heteroatoms. The molecule has 0 saturated carbocycles. The van der Waals surface area contributed by atoms with Gasteiger partial charge >= 0.3 is 0 Å². The Balaban J connectivity index is 1.27. The number of sulfonamides is 1. The minimum atomic E-state index is -4.01. The highest BCUT2D eigenvalue weighted by Crippen LogP contribution is 2.38. The average Bonchev–Trinajstić information content (AvgIpc) is 3.68. The van der Waals surface area contributed by atoms with Gasteiger partial charge in [-0.25, -0.2) is 18.4 Å². The van der Waals surface area contributed by atoms with Gasteiger partial charge < -0.3 is 26.6 Å². The lowest BCUT2D eigenvalue weighted by Crippen LogP contribution is -2.59. The van der Waals surface area contributed by atoms with Crippen LogP contribution in [0.2, 0.25) is 0 Å². The summed E-state index contributed by atoms with van der Waals surface area (Å²) in [5.74, 6) is 0.363. The van der Waals surface area contributed by atoms with E-state index in [0.29, 0.717) is 39.2 Å². The molecule has 0 fully saturated rings. The molecule has 3 aromatic heterocycles. The largest absolute Gasteiger partial charge is 0.508 e. The lowest BCUT2D eigenvalue weighted by Gasteiger charge is -2.41. The predicted octanol–water partition coefficient (Wildman–Crippen LogP) is 4.85. The molecule has 3 aromatic carbocycles. The molecule has 7 N–H and O–H groups in total. The lowest BCUT2D eigenvalue weighted by atomic mass is 10.0. The number of nitrogens with two attached hydrogens (primary N) is 1. The molecule has 0 aliphatic carbocycles. The van der Waals surface area contributed by atoms with Crippen molar-refractivity contribution >= 4 is 49.8 Å². The average molecular weight is 650 g/mol. The van der Waals surface area contributed by atoms with Crippen molar-refractivity contribution in [3.8, 4) is 16.9 Å². The summed E-state index contributed by atoms with van der Waals surface area (Å²) in [5, 5.41) is 13.7. The number of anilines is 4. The standard InChI is InChI=1S/C33H31N9O4S/c1-19-13-15-41-29(19)33(44)42(22-6-4-3-5-7-22)32(39-41)20(2)38-31-28(30(34)36-18-37-31)21-16-26-25(12-14-35-26)27(17-21)40-47(45,46)24-10-8-23(43)9-11-24/h3-18,20,32,35,39-40,43H,1-2H3,(H3,34,36,37,38)/t20-,32?/m0/s1. The number of carbonyl (C=O) groups excluding carboxylic acids is 1. The molecule has 1 unspecified atom stereocenters. The first kappa shape index (κ1) is 29.7. The maximum absolute atomic E-state index is 13.9. The summed E-state index contributed by atoms with van der Waals surface area (Å²) in [7, 11) is -4.01. The number of fused-ring (bicyclic) bond motifs is 2. The van der Waals surface area contributed by atoms with Crippen molar-refractivity contribution in [3.05, 3.63) is 109 Å². The number of H-pyrrole nitrogens is 1. The Bertz CT molecular complexity index is 2230. The zero-order valence-corrected chi connectivity index (χ0v) is 26.2. The normalized spacial score (nSPS) is 15.2. The number of phenols is 1. The van der Waals surface area contributed by atoms with Crippen LogP contribution in [-0.4, -0.2) is 51.3 Å². The molecular weight excluding hydrogens is 618 g/mol. The van der Waals surface area contributed by atoms with E-state index >= 15 is 0 Å². The highest BCUT2D eigenvalue weighted by molar-refractivity contribution is 7.92. The van der Waals surface area contributed by atoms with Crippen molar-refractivity contribution in [2.24, 2.45) is 0 Å². The number of hydrogen-bond acceptors (Lipinski definition) is 9. The number of aromatic hydroxyl groups is 1. The van der Waals surface area contributed by atoms with Gasteiger partial charge in [0, 0.05) is 29.0 Å². The minimum Gasteiger partial charge on any atom is -0.508 e. The van der Waals surface area contributed by atoms with Gasteiger partial charge in [-0.2, -0.15) is 0 Å². The van der Waals surface area contributed by atoms with E-state index in [2.05, 4.69) is 30.4 Å². The molecule has 7 rings (SSSR count). The van der Waals surface area contributed by atoms with Gasteiger partial charge in [-0.3, -0.25) is 19.1 Å². The molecule has 47 heavy (non-hydrogen) atoms. The molecule has 0 spiro atoms. The molecule has 2 atom stereocenters. The van der Waals surface area contributed by atoms with E-state index in [1.807, 2.05) is 62.5 Å². The van der Waals surface area contributed by atoms with Crippen LogP contribution in [0.3, 0.4) is 0 Å². The maximum Gasteiger partial charge on any atom is 0.278 e. The highest BCUT2D eigenvalue weighted by atomic mass is 32.2. The Labute approximate surface area is 270 Å². The number of phenolic OH excluding ortho intramolecular Hbond substituents is 1. The van der Waals surface area contributed by atoms with E-state index < -0.39 is 22.2 Å². The van der Waals surface area contributed by atoms with Gasteiger partial charge in [-0.1, -0.05) is 18.2 Å². The van der Waals surface area contributed by atoms with E-state index in [-0.39, 0.29) is 22.4 Å². The number of aromatic amines is 1. The fourth-order valence-electron chi connectivity index (χ4n) is 5.86. The fourth-order valence-corrected chi connectivity index (χ4v) is 6.93. The van der Waals surface area contributed by atoms with E-state index in [9.17, 15) is 18.3 Å². The van der Waals surface area contributed by atoms with E-state index in [4.69, 9.17) is 5.73 Å². The molecule has 4 heterocycles. The van der Waals surface area contributed by atoms with Gasteiger partial charge in [0.05, 0.1) is 22.2 Å². The Hall–Kier alpha value is -6.02. The number of aromatic nitrogens is 4. The highest BCUT2D eigenvalue weighted by Gasteiger charge is 2.38. The number of aryl methyl sites for hydroxylation is 1. The summed E-state index contributed by atoms with van der Waals surface area (Å²) >= 11 is 0. The van der Waals surface area contributed by atoms with Gasteiger partial charge in [-0.05, 0) is 85.6 Å². The molecule has 0 bridgehead atoms. The summed E-state index contributed by atoms with van der Waals surface area (Å²) in [5.41, 5.74) is 14.0. The predicted molar refractivity (Wildman–Crippen MR) is 181 cm³/mol. The van der Waals surface area contributed by atoms with Gasteiger partial charge in [0.15, 0.2) is 0 Å². The zero-order chi connectivity index (χ0) is 32.9. The van der Waals surface area contributed by atoms with Crippen molar-refractivity contribution in [1.82, 2.24) is 19.6 Å². The van der Waals surface area contributed by atoms with Crippen molar-refractivity contribution in [1.29, 1.82) is 0 Å². The fraction of sp³-hybridized carbons (Fsp3) is 0.121. The maximum atomic E-state index is 13.9. The first-order valence-electron chi connectivity index (χ1n) is 14.7. The molecule has 238 valence electrons. The summed E-state index contributed by atoms with van der Waals surface area (Å²) in [6, 6.07) is 21.4. The van der Waals surface area contributed by atoms with Crippen molar-refractivity contribution in [2.75, 3.05) is 26.1 Å². The molecule has 1 amide bonds. The monoisotopic (exact) mass is 649 g/mol. The summed E-state index contributed by atoms with van der Waals surface area (Å²) in [4.78, 5) is 27.5. The van der Waals surface area contributed by atoms with Crippen LogP contribution in [0.25, 0.3) is 22.0 Å². The Morgan fingerprint density at radius 2 is 1.79 bits per heavy atom. The SMILES string of the molecule is Cc1ccn2c1C(=O)N(c1ccccc1)C([C@H](C)Nc1ncnc(N)c1-c1cc(NS(=O)(=O)c3ccc(O)cc3)c3cc[nH]c3c1)N2. The summed E-state index contributed by atoms with van der Waals surface area (Å²) in [6.07, 6.45) is 4.33.